The number of hydrogen-bond acceptors (Lipinski definition) is 3. The van der Waals surface area contributed by atoms with E-state index in [0.29, 0.717) is 6.42 Å². The van der Waals surface area contributed by atoms with E-state index in [1.165, 1.54) is 0 Å². The molecule has 2 rings (SSSR count). The van der Waals surface area contributed by atoms with Crippen molar-refractivity contribution in [3.05, 3.63) is 36.2 Å². The zero-order valence-electron chi connectivity index (χ0n) is 11.0. The summed E-state index contributed by atoms with van der Waals surface area (Å²) in [5.74, 6) is 0.996. The van der Waals surface area contributed by atoms with E-state index < -0.39 is 6.10 Å². The summed E-state index contributed by atoms with van der Waals surface area (Å²) >= 11 is 0. The number of rotatable bonds is 6. The number of aliphatic hydroxyl groups excluding tert-OH is 1. The highest BCUT2D eigenvalue weighted by Crippen LogP contribution is 2.18. The molecule has 1 N–H and O–H groups in total. The lowest BCUT2D eigenvalue weighted by molar-refractivity contribution is 0.155. The fourth-order valence-electron chi connectivity index (χ4n) is 2.08. The van der Waals surface area contributed by atoms with Crippen molar-refractivity contribution >= 4 is 0 Å². The van der Waals surface area contributed by atoms with Gasteiger partial charge in [0.05, 0.1) is 11.8 Å². The van der Waals surface area contributed by atoms with Gasteiger partial charge in [-0.2, -0.15) is 5.10 Å². The molecule has 0 spiro atoms. The van der Waals surface area contributed by atoms with Gasteiger partial charge < -0.3 is 9.67 Å². The molecule has 98 valence electrons. The summed E-state index contributed by atoms with van der Waals surface area (Å²) in [6.07, 6.45) is 7.42. The van der Waals surface area contributed by atoms with Crippen LogP contribution >= 0.6 is 0 Å². The number of nitrogens with zero attached hydrogens (tertiary/aromatic N) is 4. The third-order valence-electron chi connectivity index (χ3n) is 3.09. The Balaban J connectivity index is 1.97. The van der Waals surface area contributed by atoms with Crippen molar-refractivity contribution < 1.29 is 5.11 Å². The van der Waals surface area contributed by atoms with Crippen LogP contribution in [0.4, 0.5) is 0 Å². The lowest BCUT2D eigenvalue weighted by Gasteiger charge is -2.12. The van der Waals surface area contributed by atoms with Crippen LogP contribution in [-0.2, 0) is 20.0 Å². The number of aryl methyl sites for hydroxylation is 3. The largest absolute Gasteiger partial charge is 0.387 e. The number of aromatic nitrogens is 4. The van der Waals surface area contributed by atoms with Gasteiger partial charge in [-0.05, 0) is 18.9 Å². The van der Waals surface area contributed by atoms with Crippen LogP contribution in [0.5, 0.6) is 0 Å². The van der Waals surface area contributed by atoms with Gasteiger partial charge in [0.2, 0.25) is 0 Å². The first-order valence-corrected chi connectivity index (χ1v) is 6.38. The highest BCUT2D eigenvalue weighted by atomic mass is 16.3. The molecular formula is C13H20N4O. The Bertz CT molecular complexity index is 489. The van der Waals surface area contributed by atoms with Crippen LogP contribution in [0.15, 0.2) is 24.7 Å². The van der Waals surface area contributed by atoms with Gasteiger partial charge >= 0.3 is 0 Å². The van der Waals surface area contributed by atoms with E-state index in [1.807, 2.05) is 28.6 Å². The molecule has 1 atom stereocenters. The first kappa shape index (κ1) is 12.8. The second-order valence-corrected chi connectivity index (χ2v) is 4.49. The maximum Gasteiger partial charge on any atom is 0.108 e. The maximum absolute atomic E-state index is 10.2. The zero-order chi connectivity index (χ0) is 13.0. The van der Waals surface area contributed by atoms with Gasteiger partial charge in [0.15, 0.2) is 0 Å². The van der Waals surface area contributed by atoms with E-state index in [0.717, 1.165) is 30.9 Å². The van der Waals surface area contributed by atoms with Crippen LogP contribution in [0, 0.1) is 0 Å². The van der Waals surface area contributed by atoms with Crippen LogP contribution in [0.3, 0.4) is 0 Å². The normalized spacial score (nSPS) is 12.8. The minimum absolute atomic E-state index is 0.476. The molecule has 0 bridgehead atoms. The minimum atomic E-state index is -0.476. The second kappa shape index (κ2) is 5.82. The standard InChI is InChI=1S/C13H20N4O/c1-3-9-17-11(6-7-15-17)12(18)4-5-13-14-8-10-16(13)2/h6-8,10,12,18H,3-5,9H2,1-2H3. The Labute approximate surface area is 107 Å². The summed E-state index contributed by atoms with van der Waals surface area (Å²) in [4.78, 5) is 4.26. The monoisotopic (exact) mass is 248 g/mol. The SMILES string of the molecule is CCCn1nccc1C(O)CCc1nccn1C. The van der Waals surface area contributed by atoms with Crippen molar-refractivity contribution in [1.29, 1.82) is 0 Å². The molecule has 0 fully saturated rings. The molecule has 2 heterocycles. The van der Waals surface area contributed by atoms with E-state index in [9.17, 15) is 5.11 Å². The average Bonchev–Trinajstić information content (AvgIpc) is 2.96. The van der Waals surface area contributed by atoms with Gasteiger partial charge in [0.1, 0.15) is 5.82 Å². The molecule has 0 saturated heterocycles. The molecule has 2 aromatic heterocycles. The molecule has 2 aromatic rings. The highest BCUT2D eigenvalue weighted by Gasteiger charge is 2.13. The summed E-state index contributed by atoms with van der Waals surface area (Å²) in [5.41, 5.74) is 0.894. The minimum Gasteiger partial charge on any atom is -0.387 e. The molecular weight excluding hydrogens is 228 g/mol. The molecule has 0 aliphatic heterocycles. The molecule has 0 aliphatic carbocycles. The van der Waals surface area contributed by atoms with Crippen LogP contribution in [0.25, 0.3) is 0 Å². The summed E-state index contributed by atoms with van der Waals surface area (Å²) in [6, 6.07) is 1.89. The molecule has 0 amide bonds. The molecule has 18 heavy (non-hydrogen) atoms. The summed E-state index contributed by atoms with van der Waals surface area (Å²) < 4.78 is 3.86. The third kappa shape index (κ3) is 2.79. The molecule has 5 heteroatoms. The smallest absolute Gasteiger partial charge is 0.108 e. The van der Waals surface area contributed by atoms with Gasteiger partial charge in [-0.1, -0.05) is 6.92 Å². The predicted octanol–water partition coefficient (Wildman–Crippen LogP) is 1.69. The molecule has 1 unspecified atom stereocenters. The first-order chi connectivity index (χ1) is 8.72. The fourth-order valence-corrected chi connectivity index (χ4v) is 2.08. The first-order valence-electron chi connectivity index (χ1n) is 6.38. The summed E-state index contributed by atoms with van der Waals surface area (Å²) in [6.45, 7) is 2.95. The Morgan fingerprint density at radius 3 is 2.89 bits per heavy atom. The Morgan fingerprint density at radius 1 is 1.39 bits per heavy atom. The van der Waals surface area contributed by atoms with Gasteiger partial charge in [0.25, 0.3) is 0 Å². The van der Waals surface area contributed by atoms with Crippen LogP contribution in [0.2, 0.25) is 0 Å². The number of aliphatic hydroxyl groups is 1. The summed E-state index contributed by atoms with van der Waals surface area (Å²) in [5, 5.41) is 14.4. The lowest BCUT2D eigenvalue weighted by Crippen LogP contribution is -2.10. The predicted molar refractivity (Wildman–Crippen MR) is 69.0 cm³/mol. The van der Waals surface area contributed by atoms with E-state index >= 15 is 0 Å². The van der Waals surface area contributed by atoms with Crippen molar-refractivity contribution in [2.24, 2.45) is 7.05 Å². The molecule has 0 radical (unpaired) electrons. The van der Waals surface area contributed by atoms with Crippen molar-refractivity contribution in [1.82, 2.24) is 19.3 Å². The lowest BCUT2D eigenvalue weighted by atomic mass is 10.1. The fraction of sp³-hybridized carbons (Fsp3) is 0.538. The van der Waals surface area contributed by atoms with Crippen LogP contribution in [0.1, 0.15) is 37.4 Å². The molecule has 0 saturated carbocycles. The van der Waals surface area contributed by atoms with Gasteiger partial charge in [-0.15, -0.1) is 0 Å². The van der Waals surface area contributed by atoms with Crippen LogP contribution in [-0.4, -0.2) is 24.4 Å². The zero-order valence-corrected chi connectivity index (χ0v) is 11.0. The summed E-state index contributed by atoms with van der Waals surface area (Å²) in [7, 11) is 1.97. The quantitative estimate of drug-likeness (QED) is 0.846. The van der Waals surface area contributed by atoms with E-state index in [2.05, 4.69) is 17.0 Å². The van der Waals surface area contributed by atoms with Gasteiger partial charge in [0, 0.05) is 38.6 Å². The van der Waals surface area contributed by atoms with Gasteiger partial charge in [-0.25, -0.2) is 4.98 Å². The van der Waals surface area contributed by atoms with E-state index in [1.54, 1.807) is 12.4 Å². The Hall–Kier alpha value is -1.62. The molecule has 0 aromatic carbocycles. The molecule has 0 aliphatic rings. The third-order valence-corrected chi connectivity index (χ3v) is 3.09. The molecule has 5 nitrogen and oxygen atoms in total. The van der Waals surface area contributed by atoms with E-state index in [-0.39, 0.29) is 0 Å². The Kier molecular flexibility index (Phi) is 4.15. The Morgan fingerprint density at radius 2 is 2.22 bits per heavy atom. The number of hydrogen-bond donors (Lipinski definition) is 1. The second-order valence-electron chi connectivity index (χ2n) is 4.49. The van der Waals surface area contributed by atoms with E-state index in [4.69, 9.17) is 0 Å². The average molecular weight is 248 g/mol. The van der Waals surface area contributed by atoms with Crippen molar-refractivity contribution in [3.63, 3.8) is 0 Å². The topological polar surface area (TPSA) is 55.9 Å². The maximum atomic E-state index is 10.2. The highest BCUT2D eigenvalue weighted by molar-refractivity contribution is 5.05. The van der Waals surface area contributed by atoms with Crippen molar-refractivity contribution in [3.8, 4) is 0 Å². The van der Waals surface area contributed by atoms with Gasteiger partial charge in [-0.3, -0.25) is 4.68 Å². The van der Waals surface area contributed by atoms with Crippen molar-refractivity contribution in [2.45, 2.75) is 38.8 Å². The number of imidazole rings is 1. The van der Waals surface area contributed by atoms with Crippen LogP contribution < -0.4 is 0 Å². The van der Waals surface area contributed by atoms with Crippen molar-refractivity contribution in [2.75, 3.05) is 0 Å².